The third-order valence-corrected chi connectivity index (χ3v) is 4.05. The fourth-order valence-corrected chi connectivity index (χ4v) is 3.29. The molecule has 0 spiro atoms. The lowest BCUT2D eigenvalue weighted by atomic mass is 10.2. The average molecular weight is 420 g/mol. The maximum atomic E-state index is 4.44. The SMILES string of the molecule is CCc1nn(C)cc1CNc1ccc(I)cc1Br. The Morgan fingerprint density at radius 2 is 2.22 bits per heavy atom. The van der Waals surface area contributed by atoms with E-state index in [-0.39, 0.29) is 0 Å². The van der Waals surface area contributed by atoms with Crippen molar-refractivity contribution >= 4 is 44.2 Å². The summed E-state index contributed by atoms with van der Waals surface area (Å²) in [5, 5.41) is 7.88. The van der Waals surface area contributed by atoms with Gasteiger partial charge in [0, 0.05) is 39.1 Å². The molecule has 0 saturated heterocycles. The lowest BCUT2D eigenvalue weighted by Gasteiger charge is -2.08. The summed E-state index contributed by atoms with van der Waals surface area (Å²) in [6.45, 7) is 2.93. The van der Waals surface area contributed by atoms with Crippen molar-refractivity contribution in [1.82, 2.24) is 9.78 Å². The fourth-order valence-electron chi connectivity index (χ4n) is 1.85. The molecule has 5 heteroatoms. The Balaban J connectivity index is 2.11. The number of benzene rings is 1. The minimum absolute atomic E-state index is 0.802. The Morgan fingerprint density at radius 1 is 1.44 bits per heavy atom. The number of rotatable bonds is 4. The van der Waals surface area contributed by atoms with E-state index in [9.17, 15) is 0 Å². The second kappa shape index (κ2) is 6.06. The van der Waals surface area contributed by atoms with Crippen molar-refractivity contribution in [3.63, 3.8) is 0 Å². The minimum atomic E-state index is 0.802. The van der Waals surface area contributed by atoms with Crippen LogP contribution in [-0.4, -0.2) is 9.78 Å². The number of aryl methyl sites for hydroxylation is 2. The first kappa shape index (κ1) is 13.9. The van der Waals surface area contributed by atoms with Gasteiger partial charge in [-0.1, -0.05) is 6.92 Å². The molecule has 1 aromatic heterocycles. The Labute approximate surface area is 129 Å². The van der Waals surface area contributed by atoms with Gasteiger partial charge in [0.1, 0.15) is 0 Å². The smallest absolute Gasteiger partial charge is 0.0671 e. The van der Waals surface area contributed by atoms with Gasteiger partial charge in [0.2, 0.25) is 0 Å². The summed E-state index contributed by atoms with van der Waals surface area (Å²) < 4.78 is 4.19. The summed E-state index contributed by atoms with van der Waals surface area (Å²) >= 11 is 5.88. The van der Waals surface area contributed by atoms with Crippen LogP contribution < -0.4 is 5.32 Å². The highest BCUT2D eigenvalue weighted by Crippen LogP contribution is 2.25. The maximum absolute atomic E-state index is 4.44. The van der Waals surface area contributed by atoms with Crippen molar-refractivity contribution in [1.29, 1.82) is 0 Å². The number of hydrogen-bond acceptors (Lipinski definition) is 2. The molecular formula is C13H15BrIN3. The van der Waals surface area contributed by atoms with Crippen LogP contribution in [0.5, 0.6) is 0 Å². The summed E-state index contributed by atoms with van der Waals surface area (Å²) in [7, 11) is 1.96. The molecule has 0 aliphatic carbocycles. The average Bonchev–Trinajstić information content (AvgIpc) is 2.68. The van der Waals surface area contributed by atoms with Crippen LogP contribution in [0.15, 0.2) is 28.9 Å². The van der Waals surface area contributed by atoms with Gasteiger partial charge >= 0.3 is 0 Å². The van der Waals surface area contributed by atoms with Crippen LogP contribution >= 0.6 is 38.5 Å². The number of hydrogen-bond donors (Lipinski definition) is 1. The normalized spacial score (nSPS) is 10.7. The second-order valence-electron chi connectivity index (χ2n) is 4.11. The molecule has 2 rings (SSSR count). The molecular weight excluding hydrogens is 405 g/mol. The highest BCUT2D eigenvalue weighted by molar-refractivity contribution is 14.1. The molecule has 0 aliphatic rings. The molecule has 0 fully saturated rings. The van der Waals surface area contributed by atoms with Crippen molar-refractivity contribution in [2.45, 2.75) is 19.9 Å². The molecule has 0 amide bonds. The Morgan fingerprint density at radius 3 is 2.89 bits per heavy atom. The molecule has 0 bridgehead atoms. The molecule has 0 radical (unpaired) electrons. The topological polar surface area (TPSA) is 29.9 Å². The molecule has 3 nitrogen and oxygen atoms in total. The molecule has 0 atom stereocenters. The van der Waals surface area contributed by atoms with E-state index in [1.165, 1.54) is 9.13 Å². The van der Waals surface area contributed by atoms with E-state index in [2.05, 4.69) is 80.3 Å². The zero-order valence-electron chi connectivity index (χ0n) is 10.4. The van der Waals surface area contributed by atoms with Gasteiger partial charge in [-0.25, -0.2) is 0 Å². The van der Waals surface area contributed by atoms with E-state index in [1.807, 2.05) is 11.7 Å². The highest BCUT2D eigenvalue weighted by Gasteiger charge is 2.06. The zero-order valence-corrected chi connectivity index (χ0v) is 14.1. The largest absolute Gasteiger partial charge is 0.380 e. The highest BCUT2D eigenvalue weighted by atomic mass is 127. The Kier molecular flexibility index (Phi) is 4.66. The number of nitrogens with zero attached hydrogens (tertiary/aromatic N) is 2. The monoisotopic (exact) mass is 419 g/mol. The maximum Gasteiger partial charge on any atom is 0.0671 e. The van der Waals surface area contributed by atoms with Gasteiger partial charge in [-0.15, -0.1) is 0 Å². The van der Waals surface area contributed by atoms with E-state index in [0.717, 1.165) is 28.8 Å². The number of aromatic nitrogens is 2. The molecule has 2 aromatic rings. The zero-order chi connectivity index (χ0) is 13.1. The molecule has 96 valence electrons. The van der Waals surface area contributed by atoms with Crippen LogP contribution in [0.4, 0.5) is 5.69 Å². The number of anilines is 1. The van der Waals surface area contributed by atoms with Crippen LogP contribution in [-0.2, 0) is 20.0 Å². The van der Waals surface area contributed by atoms with Crippen molar-refractivity contribution in [3.05, 3.63) is 43.7 Å². The quantitative estimate of drug-likeness (QED) is 0.760. The first-order valence-corrected chi connectivity index (χ1v) is 7.67. The number of nitrogens with one attached hydrogen (secondary N) is 1. The van der Waals surface area contributed by atoms with Gasteiger partial charge in [-0.05, 0) is 63.1 Å². The van der Waals surface area contributed by atoms with E-state index in [4.69, 9.17) is 0 Å². The van der Waals surface area contributed by atoms with Crippen LogP contribution in [0.1, 0.15) is 18.2 Å². The van der Waals surface area contributed by atoms with E-state index < -0.39 is 0 Å². The molecule has 0 unspecified atom stereocenters. The molecule has 18 heavy (non-hydrogen) atoms. The summed E-state index contributed by atoms with van der Waals surface area (Å²) in [6, 6.07) is 6.29. The summed E-state index contributed by atoms with van der Waals surface area (Å²) in [5.41, 5.74) is 3.53. The third kappa shape index (κ3) is 3.26. The third-order valence-electron chi connectivity index (χ3n) is 2.73. The molecule has 1 N–H and O–H groups in total. The predicted molar refractivity (Wildman–Crippen MR) is 86.8 cm³/mol. The van der Waals surface area contributed by atoms with E-state index >= 15 is 0 Å². The van der Waals surface area contributed by atoms with Crippen LogP contribution in [0.25, 0.3) is 0 Å². The van der Waals surface area contributed by atoms with E-state index in [1.54, 1.807) is 0 Å². The first-order chi connectivity index (χ1) is 8.60. The van der Waals surface area contributed by atoms with Crippen molar-refractivity contribution < 1.29 is 0 Å². The lowest BCUT2D eigenvalue weighted by Crippen LogP contribution is -2.01. The van der Waals surface area contributed by atoms with Gasteiger partial charge in [-0.3, -0.25) is 4.68 Å². The van der Waals surface area contributed by atoms with Crippen molar-refractivity contribution in [2.24, 2.45) is 7.05 Å². The van der Waals surface area contributed by atoms with Crippen LogP contribution in [0.3, 0.4) is 0 Å². The Bertz CT molecular complexity index is 551. The molecule has 1 heterocycles. The summed E-state index contributed by atoms with van der Waals surface area (Å²) in [6.07, 6.45) is 3.04. The number of halogens is 2. The van der Waals surface area contributed by atoms with Crippen LogP contribution in [0, 0.1) is 3.57 Å². The Hall–Kier alpha value is -0.560. The van der Waals surface area contributed by atoms with Gasteiger partial charge in [0.25, 0.3) is 0 Å². The van der Waals surface area contributed by atoms with E-state index in [0.29, 0.717) is 0 Å². The standard InChI is InChI=1S/C13H15BrIN3/c1-3-12-9(8-18(2)17-12)7-16-13-5-4-10(15)6-11(13)14/h4-6,8,16H,3,7H2,1-2H3. The second-order valence-corrected chi connectivity index (χ2v) is 6.21. The first-order valence-electron chi connectivity index (χ1n) is 5.80. The fraction of sp³-hybridized carbons (Fsp3) is 0.308. The summed E-state index contributed by atoms with van der Waals surface area (Å²) in [4.78, 5) is 0. The van der Waals surface area contributed by atoms with Gasteiger partial charge in [-0.2, -0.15) is 5.10 Å². The van der Waals surface area contributed by atoms with Crippen molar-refractivity contribution in [3.8, 4) is 0 Å². The van der Waals surface area contributed by atoms with Gasteiger partial charge in [0.05, 0.1) is 5.69 Å². The van der Waals surface area contributed by atoms with Crippen LogP contribution in [0.2, 0.25) is 0 Å². The van der Waals surface area contributed by atoms with Gasteiger partial charge in [0.15, 0.2) is 0 Å². The lowest BCUT2D eigenvalue weighted by molar-refractivity contribution is 0.746. The molecule has 1 aromatic carbocycles. The summed E-state index contributed by atoms with van der Waals surface area (Å²) in [5.74, 6) is 0. The van der Waals surface area contributed by atoms with Crippen molar-refractivity contribution in [2.75, 3.05) is 5.32 Å². The predicted octanol–water partition coefficient (Wildman–Crippen LogP) is 3.96. The molecule has 0 aliphatic heterocycles. The molecule has 0 saturated carbocycles. The minimum Gasteiger partial charge on any atom is -0.380 e. The van der Waals surface area contributed by atoms with Gasteiger partial charge < -0.3 is 5.32 Å².